The van der Waals surface area contributed by atoms with Gasteiger partial charge in [0.15, 0.2) is 22.8 Å². The number of nitrogens with zero attached hydrogens (tertiary/aromatic N) is 6. The summed E-state index contributed by atoms with van der Waals surface area (Å²) in [5, 5.41) is 4.32. The number of anilines is 2. The fourth-order valence-electron chi connectivity index (χ4n) is 4.06. The number of Topliss-reactive ketones (excluding diaryl/α,β-unsaturated/α-hetero) is 1. The standard InChI is InChI=1S/C26H24F3N7O3/c1-17-4-2-5-18(12-17)14-31-34-23-22-24(33-25(32-23)35-8-10-38-11-9-35)36(16-30-22)15-21(37)19-6-3-7-20(13-19)39-26(27,28)29/h2-7,12-14,16H,8-11,15H2,1H3,(H,32,33,34). The molecule has 0 bridgehead atoms. The number of nitrogens with one attached hydrogen (secondary N) is 1. The highest BCUT2D eigenvalue weighted by molar-refractivity contribution is 5.97. The molecule has 0 unspecified atom stereocenters. The number of halogens is 3. The SMILES string of the molecule is Cc1cccc(C=NNc2nc(N3CCOCC3)nc3c2ncn3CC(=O)c2cccc(OC(F)(F)F)c2)c1. The van der Waals surface area contributed by atoms with Crippen LogP contribution in [0.15, 0.2) is 60.0 Å². The van der Waals surface area contributed by atoms with Crippen molar-refractivity contribution < 1.29 is 27.4 Å². The number of rotatable bonds is 8. The van der Waals surface area contributed by atoms with E-state index in [0.717, 1.165) is 23.3 Å². The van der Waals surface area contributed by atoms with Crippen molar-refractivity contribution in [3.05, 3.63) is 71.5 Å². The van der Waals surface area contributed by atoms with Gasteiger partial charge >= 0.3 is 6.36 Å². The highest BCUT2D eigenvalue weighted by Crippen LogP contribution is 2.26. The second-order valence-corrected chi connectivity index (χ2v) is 8.80. The Morgan fingerprint density at radius 3 is 2.72 bits per heavy atom. The van der Waals surface area contributed by atoms with Crippen LogP contribution >= 0.6 is 0 Å². The highest BCUT2D eigenvalue weighted by Gasteiger charge is 2.31. The van der Waals surface area contributed by atoms with Gasteiger partial charge in [-0.15, -0.1) is 13.2 Å². The molecule has 39 heavy (non-hydrogen) atoms. The molecule has 1 fully saturated rings. The van der Waals surface area contributed by atoms with Crippen LogP contribution in [-0.4, -0.2) is 64.2 Å². The number of hydrazone groups is 1. The molecule has 1 saturated heterocycles. The minimum Gasteiger partial charge on any atom is -0.406 e. The predicted molar refractivity (Wildman–Crippen MR) is 138 cm³/mol. The van der Waals surface area contributed by atoms with Crippen LogP contribution in [0.3, 0.4) is 0 Å². The van der Waals surface area contributed by atoms with E-state index in [0.29, 0.717) is 49.2 Å². The summed E-state index contributed by atoms with van der Waals surface area (Å²) in [6.45, 7) is 3.97. The lowest BCUT2D eigenvalue weighted by Crippen LogP contribution is -2.37. The Bertz CT molecular complexity index is 1510. The van der Waals surface area contributed by atoms with Gasteiger partial charge in [-0.25, -0.2) is 4.98 Å². The number of ketones is 1. The zero-order valence-electron chi connectivity index (χ0n) is 20.9. The molecule has 0 radical (unpaired) electrons. The van der Waals surface area contributed by atoms with Crippen molar-refractivity contribution in [2.75, 3.05) is 36.6 Å². The Labute approximate surface area is 221 Å². The molecular weight excluding hydrogens is 515 g/mol. The third-order valence-corrected chi connectivity index (χ3v) is 5.88. The fourth-order valence-corrected chi connectivity index (χ4v) is 4.06. The van der Waals surface area contributed by atoms with Crippen LogP contribution in [0.4, 0.5) is 24.9 Å². The molecule has 0 amide bonds. The zero-order chi connectivity index (χ0) is 27.4. The molecule has 2 aromatic heterocycles. The van der Waals surface area contributed by atoms with E-state index in [1.807, 2.05) is 36.1 Å². The van der Waals surface area contributed by atoms with E-state index in [-0.39, 0.29) is 12.1 Å². The average molecular weight is 540 g/mol. The normalized spacial score (nSPS) is 14.2. The Morgan fingerprint density at radius 2 is 1.95 bits per heavy atom. The van der Waals surface area contributed by atoms with Crippen molar-refractivity contribution in [3.63, 3.8) is 0 Å². The van der Waals surface area contributed by atoms with Crippen LogP contribution in [0.5, 0.6) is 5.75 Å². The summed E-state index contributed by atoms with van der Waals surface area (Å²) < 4.78 is 48.8. The lowest BCUT2D eigenvalue weighted by Gasteiger charge is -2.27. The van der Waals surface area contributed by atoms with Crippen molar-refractivity contribution in [3.8, 4) is 5.75 Å². The number of hydrogen-bond acceptors (Lipinski definition) is 9. The van der Waals surface area contributed by atoms with Crippen LogP contribution in [0.2, 0.25) is 0 Å². The molecule has 13 heteroatoms. The summed E-state index contributed by atoms with van der Waals surface area (Å²) in [5.41, 5.74) is 5.74. The molecule has 10 nitrogen and oxygen atoms in total. The van der Waals surface area contributed by atoms with Crippen molar-refractivity contribution in [1.29, 1.82) is 0 Å². The van der Waals surface area contributed by atoms with E-state index in [2.05, 4.69) is 30.2 Å². The van der Waals surface area contributed by atoms with Gasteiger partial charge in [0, 0.05) is 18.7 Å². The van der Waals surface area contributed by atoms with Gasteiger partial charge in [0.2, 0.25) is 5.95 Å². The molecule has 5 rings (SSSR count). The van der Waals surface area contributed by atoms with E-state index in [1.54, 1.807) is 6.21 Å². The highest BCUT2D eigenvalue weighted by atomic mass is 19.4. The number of morpholine rings is 1. The van der Waals surface area contributed by atoms with E-state index in [4.69, 9.17) is 4.74 Å². The van der Waals surface area contributed by atoms with Crippen LogP contribution < -0.4 is 15.1 Å². The van der Waals surface area contributed by atoms with Gasteiger partial charge in [0.1, 0.15) is 5.75 Å². The maximum atomic E-state index is 13.0. The molecule has 1 aliphatic heterocycles. The minimum absolute atomic E-state index is 0.0576. The lowest BCUT2D eigenvalue weighted by molar-refractivity contribution is -0.274. The number of carbonyl (C=O) groups excluding carboxylic acids is 1. The number of alkyl halides is 3. The molecule has 4 aromatic rings. The number of imidazole rings is 1. The molecule has 2 aromatic carbocycles. The van der Waals surface area contributed by atoms with Crippen molar-refractivity contribution >= 4 is 34.9 Å². The second kappa shape index (κ2) is 11.1. The van der Waals surface area contributed by atoms with Crippen LogP contribution in [0.1, 0.15) is 21.5 Å². The Morgan fingerprint density at radius 1 is 1.15 bits per heavy atom. The first-order valence-electron chi connectivity index (χ1n) is 12.1. The number of hydrogen-bond donors (Lipinski definition) is 1. The maximum Gasteiger partial charge on any atom is 0.573 e. The zero-order valence-corrected chi connectivity index (χ0v) is 20.9. The summed E-state index contributed by atoms with van der Waals surface area (Å²) >= 11 is 0. The number of aryl methyl sites for hydroxylation is 1. The summed E-state index contributed by atoms with van der Waals surface area (Å²) in [4.78, 5) is 28.6. The summed E-state index contributed by atoms with van der Waals surface area (Å²) in [7, 11) is 0. The molecule has 0 atom stereocenters. The van der Waals surface area contributed by atoms with Gasteiger partial charge in [-0.2, -0.15) is 15.1 Å². The third-order valence-electron chi connectivity index (χ3n) is 5.88. The Kier molecular flexibility index (Phi) is 7.41. The average Bonchev–Trinajstić information content (AvgIpc) is 3.31. The molecule has 0 saturated carbocycles. The summed E-state index contributed by atoms with van der Waals surface area (Å²) in [6.07, 6.45) is -1.77. The first-order chi connectivity index (χ1) is 18.7. The summed E-state index contributed by atoms with van der Waals surface area (Å²) in [6, 6.07) is 12.8. The van der Waals surface area contributed by atoms with Crippen LogP contribution in [0.25, 0.3) is 11.2 Å². The van der Waals surface area contributed by atoms with E-state index < -0.39 is 17.9 Å². The van der Waals surface area contributed by atoms with Crippen molar-refractivity contribution in [2.45, 2.75) is 19.8 Å². The largest absolute Gasteiger partial charge is 0.573 e. The minimum atomic E-state index is -4.86. The number of ether oxygens (including phenoxy) is 2. The van der Waals surface area contributed by atoms with Gasteiger partial charge in [0.25, 0.3) is 0 Å². The number of carbonyl (C=O) groups is 1. The smallest absolute Gasteiger partial charge is 0.406 e. The van der Waals surface area contributed by atoms with Crippen LogP contribution in [0, 0.1) is 6.92 Å². The first kappa shape index (κ1) is 26.1. The fraction of sp³-hybridized carbons (Fsp3) is 0.269. The molecule has 1 aliphatic rings. The van der Waals surface area contributed by atoms with E-state index in [9.17, 15) is 18.0 Å². The Hall–Kier alpha value is -4.52. The number of benzene rings is 2. The lowest BCUT2D eigenvalue weighted by atomic mass is 10.1. The van der Waals surface area contributed by atoms with Crippen molar-refractivity contribution in [1.82, 2.24) is 19.5 Å². The monoisotopic (exact) mass is 539 g/mol. The Balaban J connectivity index is 1.44. The second-order valence-electron chi connectivity index (χ2n) is 8.80. The molecule has 0 aliphatic carbocycles. The van der Waals surface area contributed by atoms with Crippen molar-refractivity contribution in [2.24, 2.45) is 5.10 Å². The van der Waals surface area contributed by atoms with Gasteiger partial charge in [-0.05, 0) is 24.6 Å². The molecule has 3 heterocycles. The summed E-state index contributed by atoms with van der Waals surface area (Å²) in [5.74, 6) is -0.162. The molecule has 0 spiro atoms. The molecular formula is C26H24F3N7O3. The molecule has 1 N–H and O–H groups in total. The van der Waals surface area contributed by atoms with Gasteiger partial charge in [0.05, 0.1) is 32.3 Å². The topological polar surface area (TPSA) is 107 Å². The van der Waals surface area contributed by atoms with E-state index in [1.165, 1.54) is 23.0 Å². The quantitative estimate of drug-likeness (QED) is 0.202. The van der Waals surface area contributed by atoms with Gasteiger partial charge < -0.3 is 18.9 Å². The maximum absolute atomic E-state index is 13.0. The van der Waals surface area contributed by atoms with Crippen LogP contribution in [-0.2, 0) is 11.3 Å². The third kappa shape index (κ3) is 6.49. The number of fused-ring (bicyclic) bond motifs is 1. The molecule has 202 valence electrons. The first-order valence-corrected chi connectivity index (χ1v) is 12.1. The predicted octanol–water partition coefficient (Wildman–Crippen LogP) is 4.20. The van der Waals surface area contributed by atoms with E-state index >= 15 is 0 Å². The van der Waals surface area contributed by atoms with Gasteiger partial charge in [-0.1, -0.05) is 42.0 Å². The van der Waals surface area contributed by atoms with Gasteiger partial charge in [-0.3, -0.25) is 10.2 Å². The number of aromatic nitrogens is 4.